The summed E-state index contributed by atoms with van der Waals surface area (Å²) in [6.07, 6.45) is 0.0133. The minimum atomic E-state index is -1.33. The van der Waals surface area contributed by atoms with E-state index in [1.54, 1.807) is 0 Å². The molecule has 0 saturated carbocycles. The van der Waals surface area contributed by atoms with Gasteiger partial charge in [0.1, 0.15) is 0 Å². The minimum Gasteiger partial charge on any atom is -0.494 e. The Labute approximate surface area is 128 Å². The van der Waals surface area contributed by atoms with Gasteiger partial charge in [0, 0.05) is 0 Å². The van der Waals surface area contributed by atoms with Crippen LogP contribution >= 0.6 is 0 Å². The smallest absolute Gasteiger partial charge is 0.330 e. The molecule has 0 fully saturated rings. The van der Waals surface area contributed by atoms with Gasteiger partial charge in [-0.25, -0.2) is 9.18 Å². The minimum absolute atomic E-state index is 0.00421. The van der Waals surface area contributed by atoms with E-state index in [1.807, 2.05) is 13.8 Å². The SMILES string of the molecule is COc1ccc(C(NC(=O)CCOC(C)C)C(=O)O)cc1F. The molecule has 1 amide bonds. The summed E-state index contributed by atoms with van der Waals surface area (Å²) in [7, 11) is 1.31. The zero-order valence-electron chi connectivity index (χ0n) is 12.8. The molecule has 1 aromatic rings. The van der Waals surface area contributed by atoms with Gasteiger partial charge in [-0.3, -0.25) is 4.79 Å². The fourth-order valence-corrected chi connectivity index (χ4v) is 1.77. The van der Waals surface area contributed by atoms with Gasteiger partial charge in [-0.1, -0.05) is 6.07 Å². The van der Waals surface area contributed by atoms with Crippen molar-refractivity contribution in [3.8, 4) is 5.75 Å². The number of carbonyl (C=O) groups excluding carboxylic acids is 1. The first-order valence-corrected chi connectivity index (χ1v) is 6.82. The average Bonchev–Trinajstić information content (AvgIpc) is 2.44. The van der Waals surface area contributed by atoms with E-state index in [1.165, 1.54) is 19.2 Å². The van der Waals surface area contributed by atoms with Gasteiger partial charge < -0.3 is 19.9 Å². The standard InChI is InChI=1S/C15H20FNO5/c1-9(2)22-7-6-13(18)17-14(15(19)20)10-4-5-12(21-3)11(16)8-10/h4-5,8-9,14H,6-7H2,1-3H3,(H,17,18)(H,19,20). The Bertz CT molecular complexity index is 533. The lowest BCUT2D eigenvalue weighted by molar-refractivity contribution is -0.142. The number of carboxylic acids is 1. The Morgan fingerprint density at radius 1 is 1.36 bits per heavy atom. The van der Waals surface area contributed by atoms with Crippen LogP contribution in [0.1, 0.15) is 31.9 Å². The van der Waals surface area contributed by atoms with Crippen molar-refractivity contribution in [2.45, 2.75) is 32.4 Å². The molecule has 22 heavy (non-hydrogen) atoms. The molecule has 1 aromatic carbocycles. The predicted octanol–water partition coefficient (Wildman–Crippen LogP) is 1.89. The van der Waals surface area contributed by atoms with E-state index in [9.17, 15) is 19.1 Å². The van der Waals surface area contributed by atoms with E-state index < -0.39 is 23.7 Å². The van der Waals surface area contributed by atoms with Crippen molar-refractivity contribution in [2.75, 3.05) is 13.7 Å². The molecule has 6 nitrogen and oxygen atoms in total. The normalized spacial score (nSPS) is 12.0. The lowest BCUT2D eigenvalue weighted by Gasteiger charge is -2.16. The number of hydrogen-bond donors (Lipinski definition) is 2. The number of methoxy groups -OCH3 is 1. The Morgan fingerprint density at radius 2 is 2.05 bits per heavy atom. The van der Waals surface area contributed by atoms with Gasteiger partial charge in [-0.2, -0.15) is 0 Å². The van der Waals surface area contributed by atoms with Gasteiger partial charge in [0.15, 0.2) is 17.6 Å². The third kappa shape index (κ3) is 5.33. The molecule has 0 aliphatic rings. The van der Waals surface area contributed by atoms with Crippen LogP contribution in [0, 0.1) is 5.82 Å². The van der Waals surface area contributed by atoms with Crippen molar-refractivity contribution in [2.24, 2.45) is 0 Å². The summed E-state index contributed by atoms with van der Waals surface area (Å²) < 4.78 is 23.6. The molecule has 0 aliphatic carbocycles. The number of carbonyl (C=O) groups is 2. The third-order valence-corrected chi connectivity index (χ3v) is 2.84. The van der Waals surface area contributed by atoms with Gasteiger partial charge in [0.05, 0.1) is 26.2 Å². The first-order chi connectivity index (χ1) is 10.3. The van der Waals surface area contributed by atoms with Crippen LogP contribution in [0.5, 0.6) is 5.75 Å². The average molecular weight is 313 g/mol. The number of hydrogen-bond acceptors (Lipinski definition) is 4. The highest BCUT2D eigenvalue weighted by Crippen LogP contribution is 2.22. The van der Waals surface area contributed by atoms with Crippen molar-refractivity contribution >= 4 is 11.9 Å². The Balaban J connectivity index is 2.75. The van der Waals surface area contributed by atoms with Gasteiger partial charge in [0.2, 0.25) is 5.91 Å². The van der Waals surface area contributed by atoms with E-state index in [0.717, 1.165) is 6.07 Å². The van der Waals surface area contributed by atoms with Crippen LogP contribution in [-0.4, -0.2) is 36.8 Å². The van der Waals surface area contributed by atoms with Crippen LogP contribution in [0.4, 0.5) is 4.39 Å². The highest BCUT2D eigenvalue weighted by molar-refractivity contribution is 5.84. The number of halogens is 1. The number of amides is 1. The maximum Gasteiger partial charge on any atom is 0.330 e. The quantitative estimate of drug-likeness (QED) is 0.765. The van der Waals surface area contributed by atoms with Gasteiger partial charge in [-0.15, -0.1) is 0 Å². The van der Waals surface area contributed by atoms with Gasteiger partial charge >= 0.3 is 5.97 Å². The lowest BCUT2D eigenvalue weighted by atomic mass is 10.1. The maximum atomic E-state index is 13.7. The predicted molar refractivity (Wildman–Crippen MR) is 77.2 cm³/mol. The van der Waals surface area contributed by atoms with Crippen molar-refractivity contribution in [3.63, 3.8) is 0 Å². The molecule has 0 aromatic heterocycles. The maximum absolute atomic E-state index is 13.7. The Morgan fingerprint density at radius 3 is 2.55 bits per heavy atom. The van der Waals surface area contributed by atoms with Crippen LogP contribution in [0.15, 0.2) is 18.2 Å². The van der Waals surface area contributed by atoms with E-state index in [0.29, 0.717) is 0 Å². The molecule has 2 N–H and O–H groups in total. The molecule has 0 aliphatic heterocycles. The molecule has 1 rings (SSSR count). The molecule has 122 valence electrons. The second kappa shape index (κ2) is 8.33. The molecule has 0 heterocycles. The largest absolute Gasteiger partial charge is 0.494 e. The van der Waals surface area contributed by atoms with Crippen LogP contribution in [0.2, 0.25) is 0 Å². The number of aliphatic carboxylic acids is 1. The summed E-state index contributed by atoms with van der Waals surface area (Å²) in [6.45, 7) is 3.85. The van der Waals surface area contributed by atoms with Crippen molar-refractivity contribution < 1.29 is 28.6 Å². The molecule has 1 atom stereocenters. The van der Waals surface area contributed by atoms with Crippen molar-refractivity contribution in [1.82, 2.24) is 5.32 Å². The van der Waals surface area contributed by atoms with Crippen molar-refractivity contribution in [1.29, 1.82) is 0 Å². The number of benzene rings is 1. The summed E-state index contributed by atoms with van der Waals surface area (Å²) >= 11 is 0. The molecule has 0 radical (unpaired) electrons. The second-order valence-electron chi connectivity index (χ2n) is 4.90. The molecule has 7 heteroatoms. The fraction of sp³-hybridized carbons (Fsp3) is 0.467. The number of nitrogens with one attached hydrogen (secondary N) is 1. The number of ether oxygens (including phenoxy) is 2. The summed E-state index contributed by atoms with van der Waals surface area (Å²) in [5.74, 6) is -2.44. The number of rotatable bonds is 8. The highest BCUT2D eigenvalue weighted by atomic mass is 19.1. The van der Waals surface area contributed by atoms with E-state index in [4.69, 9.17) is 9.47 Å². The highest BCUT2D eigenvalue weighted by Gasteiger charge is 2.23. The molecule has 0 saturated heterocycles. The van der Waals surface area contributed by atoms with Gasteiger partial charge in [-0.05, 0) is 31.5 Å². The summed E-state index contributed by atoms with van der Waals surface area (Å²) in [5.41, 5.74) is 0.129. The van der Waals surface area contributed by atoms with Crippen LogP contribution in [-0.2, 0) is 14.3 Å². The monoisotopic (exact) mass is 313 g/mol. The van der Waals surface area contributed by atoms with Crippen LogP contribution in [0.3, 0.4) is 0 Å². The molecule has 1 unspecified atom stereocenters. The summed E-state index contributed by atoms with van der Waals surface area (Å²) in [4.78, 5) is 23.0. The first-order valence-electron chi connectivity index (χ1n) is 6.82. The molecular formula is C15H20FNO5. The Kier molecular flexibility index (Phi) is 6.78. The summed E-state index contributed by atoms with van der Waals surface area (Å²) in [6, 6.07) is 2.41. The van der Waals surface area contributed by atoms with Crippen LogP contribution < -0.4 is 10.1 Å². The van der Waals surface area contributed by atoms with Crippen molar-refractivity contribution in [3.05, 3.63) is 29.6 Å². The topological polar surface area (TPSA) is 84.9 Å². The van der Waals surface area contributed by atoms with Gasteiger partial charge in [0.25, 0.3) is 0 Å². The van der Waals surface area contributed by atoms with Crippen LogP contribution in [0.25, 0.3) is 0 Å². The zero-order valence-corrected chi connectivity index (χ0v) is 12.8. The fourth-order valence-electron chi connectivity index (χ4n) is 1.77. The van der Waals surface area contributed by atoms with E-state index in [2.05, 4.69) is 5.32 Å². The first kappa shape index (κ1) is 17.9. The third-order valence-electron chi connectivity index (χ3n) is 2.84. The zero-order chi connectivity index (χ0) is 16.7. The molecule has 0 spiro atoms. The Hall–Kier alpha value is -2.15. The van der Waals surface area contributed by atoms with E-state index in [-0.39, 0.29) is 30.4 Å². The number of carboxylic acid groups (broad SMARTS) is 1. The molecular weight excluding hydrogens is 293 g/mol. The lowest BCUT2D eigenvalue weighted by Crippen LogP contribution is -2.34. The van der Waals surface area contributed by atoms with E-state index >= 15 is 0 Å². The second-order valence-corrected chi connectivity index (χ2v) is 4.90. The summed E-state index contributed by atoms with van der Waals surface area (Å²) in [5, 5.41) is 11.6. The molecule has 0 bridgehead atoms.